The summed E-state index contributed by atoms with van der Waals surface area (Å²) >= 11 is 2.58. The smallest absolute Gasteiger partial charge is 0.410 e. The van der Waals surface area contributed by atoms with E-state index in [1.165, 1.54) is 23.1 Å². The number of carbonyl (C=O) groups is 5. The second kappa shape index (κ2) is 18.6. The van der Waals surface area contributed by atoms with E-state index in [1.54, 1.807) is 60.4 Å². The number of rotatable bonds is 12. The maximum atomic E-state index is 13.9. The van der Waals surface area contributed by atoms with E-state index in [2.05, 4.69) is 16.0 Å². The van der Waals surface area contributed by atoms with E-state index in [0.717, 1.165) is 31.7 Å². The van der Waals surface area contributed by atoms with Gasteiger partial charge in [-0.05, 0) is 98.8 Å². The molecule has 1 unspecified atom stereocenters. The van der Waals surface area contributed by atoms with Crippen LogP contribution in [0, 0.1) is 0 Å². The van der Waals surface area contributed by atoms with Crippen LogP contribution in [-0.2, 0) is 32.0 Å². The zero-order chi connectivity index (χ0) is 41.4. The van der Waals surface area contributed by atoms with Crippen molar-refractivity contribution in [3.8, 4) is 0 Å². The molecule has 6 rings (SSSR count). The number of ether oxygens (including phenoxy) is 2. The number of nitrogens with one attached hydrogen (secondary N) is 3. The number of hydrogen-bond donors (Lipinski definition) is 3. The summed E-state index contributed by atoms with van der Waals surface area (Å²) in [6.07, 6.45) is 2.10. The highest BCUT2D eigenvalue weighted by molar-refractivity contribution is 8.00. The van der Waals surface area contributed by atoms with Crippen molar-refractivity contribution in [2.45, 2.75) is 69.8 Å². The molecule has 58 heavy (non-hydrogen) atoms. The Labute approximate surface area is 346 Å². The highest BCUT2D eigenvalue weighted by Gasteiger charge is 2.33. The van der Waals surface area contributed by atoms with E-state index in [1.807, 2.05) is 82.3 Å². The molecule has 2 heterocycles. The van der Waals surface area contributed by atoms with Gasteiger partial charge >= 0.3 is 12.1 Å². The molecule has 0 aliphatic carbocycles. The lowest BCUT2D eigenvalue weighted by Gasteiger charge is -2.30. The molecule has 300 valence electrons. The number of fused-ring (bicyclic) bond motifs is 2. The van der Waals surface area contributed by atoms with Crippen LogP contribution in [0.5, 0.6) is 0 Å². The Hall–Kier alpha value is -5.92. The van der Waals surface area contributed by atoms with Gasteiger partial charge in [0.05, 0.1) is 24.0 Å². The van der Waals surface area contributed by atoms with Crippen LogP contribution in [0.15, 0.2) is 108 Å². The molecule has 4 amide bonds. The summed E-state index contributed by atoms with van der Waals surface area (Å²) in [6.45, 7) is 9.82. The summed E-state index contributed by atoms with van der Waals surface area (Å²) in [6, 6.07) is 29.4. The number of esters is 1. The average Bonchev–Trinajstić information content (AvgIpc) is 3.56. The Bertz CT molecular complexity index is 2360. The molecule has 0 spiro atoms. The predicted octanol–water partition coefficient (Wildman–Crippen LogP) is 9.29. The largest absolute Gasteiger partial charge is 0.462 e. The van der Waals surface area contributed by atoms with Gasteiger partial charge in [0, 0.05) is 27.6 Å². The first kappa shape index (κ1) is 41.7. The van der Waals surface area contributed by atoms with Crippen LogP contribution in [0.1, 0.15) is 77.8 Å². The van der Waals surface area contributed by atoms with Gasteiger partial charge in [-0.15, -0.1) is 23.1 Å². The first-order chi connectivity index (χ1) is 27.8. The van der Waals surface area contributed by atoms with E-state index >= 15 is 0 Å². The van der Waals surface area contributed by atoms with Crippen LogP contribution in [0.2, 0.25) is 0 Å². The zero-order valence-corrected chi connectivity index (χ0v) is 34.7. The normalized spacial score (nSPS) is 13.3. The summed E-state index contributed by atoms with van der Waals surface area (Å²) in [5.41, 5.74) is 2.11. The van der Waals surface area contributed by atoms with Crippen LogP contribution < -0.4 is 16.0 Å². The lowest BCUT2D eigenvalue weighted by Crippen LogP contribution is -2.39. The Balaban J connectivity index is 1.20. The number of amides is 4. The number of carbonyl (C=O) groups excluding carboxylic acids is 5. The molecular formula is C45H46N4O7S2. The fourth-order valence-electron chi connectivity index (χ4n) is 6.39. The minimum Gasteiger partial charge on any atom is -0.462 e. The maximum absolute atomic E-state index is 13.9. The summed E-state index contributed by atoms with van der Waals surface area (Å²) in [7, 11) is 0. The van der Waals surface area contributed by atoms with E-state index in [0.29, 0.717) is 41.2 Å². The van der Waals surface area contributed by atoms with Crippen LogP contribution in [0.3, 0.4) is 0 Å². The van der Waals surface area contributed by atoms with Gasteiger partial charge in [0.25, 0.3) is 11.8 Å². The fraction of sp³-hybridized carbons (Fsp3) is 0.267. The highest BCUT2D eigenvalue weighted by Crippen LogP contribution is 2.39. The average molecular weight is 819 g/mol. The molecule has 0 saturated heterocycles. The van der Waals surface area contributed by atoms with Crippen molar-refractivity contribution < 1.29 is 33.4 Å². The van der Waals surface area contributed by atoms with Gasteiger partial charge in [-0.3, -0.25) is 14.4 Å². The first-order valence-electron chi connectivity index (χ1n) is 19.1. The van der Waals surface area contributed by atoms with Gasteiger partial charge in [-0.25, -0.2) is 9.59 Å². The van der Waals surface area contributed by atoms with Crippen molar-refractivity contribution in [2.75, 3.05) is 23.8 Å². The van der Waals surface area contributed by atoms with Crippen molar-refractivity contribution in [1.82, 2.24) is 10.2 Å². The Morgan fingerprint density at radius 1 is 0.897 bits per heavy atom. The summed E-state index contributed by atoms with van der Waals surface area (Å²) < 4.78 is 11.0. The van der Waals surface area contributed by atoms with Gasteiger partial charge < -0.3 is 30.3 Å². The quantitative estimate of drug-likeness (QED) is 0.0643. The Kier molecular flexibility index (Phi) is 13.3. The fourth-order valence-corrected chi connectivity index (χ4v) is 8.66. The molecule has 5 aromatic rings. The lowest BCUT2D eigenvalue weighted by molar-refractivity contribution is -0.116. The van der Waals surface area contributed by atoms with Crippen molar-refractivity contribution in [3.05, 3.63) is 130 Å². The number of thiophene rings is 1. The molecule has 11 nitrogen and oxygen atoms in total. The van der Waals surface area contributed by atoms with Gasteiger partial charge in [-0.1, -0.05) is 73.7 Å². The van der Waals surface area contributed by atoms with Crippen molar-refractivity contribution in [1.29, 1.82) is 0 Å². The van der Waals surface area contributed by atoms with Crippen LogP contribution in [0.4, 0.5) is 15.5 Å². The molecular weight excluding hydrogens is 773 g/mol. The number of hydrogen-bond acceptors (Lipinski definition) is 9. The molecule has 0 saturated carbocycles. The number of nitrogens with zero attached hydrogens (tertiary/aromatic N) is 1. The topological polar surface area (TPSA) is 143 Å². The van der Waals surface area contributed by atoms with Gasteiger partial charge in [0.1, 0.15) is 16.3 Å². The molecule has 1 aliphatic heterocycles. The van der Waals surface area contributed by atoms with Crippen LogP contribution in [-0.4, -0.2) is 58.7 Å². The van der Waals surface area contributed by atoms with Crippen molar-refractivity contribution in [2.24, 2.45) is 0 Å². The SMILES string of the molecule is CCOC(=O)c1c(NC(=O)C(CC)Sc2cccc(NC(=O)/C(=C\c3cccc4ccccc34)NC(=O)c3ccccc3)c2)sc2c1CCN(C(=O)OC(C)(C)C)C2. The second-order valence-corrected chi connectivity index (χ2v) is 16.9. The monoisotopic (exact) mass is 818 g/mol. The summed E-state index contributed by atoms with van der Waals surface area (Å²) in [5.74, 6) is -1.79. The van der Waals surface area contributed by atoms with E-state index in [9.17, 15) is 24.0 Å². The van der Waals surface area contributed by atoms with Gasteiger partial charge in [-0.2, -0.15) is 0 Å². The van der Waals surface area contributed by atoms with Crippen molar-refractivity contribution in [3.63, 3.8) is 0 Å². The standard InChI is InChI=1S/C45H46N4O7S2/c1-6-36(41(52)48-42-38(43(53)55-7-2)34-23-24-49(27-37(34)58-42)44(54)56-45(3,4)5)57-32-21-14-20-31(26-32)46-40(51)35(47-39(50)29-16-9-8-10-17-29)25-30-19-13-18-28-15-11-12-22-33(28)30/h8-22,25-26,36H,6-7,23-24,27H2,1-5H3,(H,46,51)(H,47,50)(H,48,52)/b35-25+. The number of benzene rings is 4. The van der Waals surface area contributed by atoms with Gasteiger partial charge in [0.15, 0.2) is 0 Å². The lowest BCUT2D eigenvalue weighted by atomic mass is 10.0. The third kappa shape index (κ3) is 10.3. The summed E-state index contributed by atoms with van der Waals surface area (Å²) in [4.78, 5) is 70.3. The molecule has 0 radical (unpaired) electrons. The van der Waals surface area contributed by atoms with E-state index < -0.39 is 34.7 Å². The molecule has 1 atom stereocenters. The molecule has 1 aromatic heterocycles. The third-order valence-corrected chi connectivity index (χ3v) is 11.6. The second-order valence-electron chi connectivity index (χ2n) is 14.5. The molecule has 3 N–H and O–H groups in total. The molecule has 0 fully saturated rings. The number of thioether (sulfide) groups is 1. The maximum Gasteiger partial charge on any atom is 0.410 e. The number of anilines is 2. The predicted molar refractivity (Wildman–Crippen MR) is 230 cm³/mol. The zero-order valence-electron chi connectivity index (χ0n) is 33.0. The van der Waals surface area contributed by atoms with Crippen LogP contribution in [0.25, 0.3) is 16.8 Å². The summed E-state index contributed by atoms with van der Waals surface area (Å²) in [5, 5.41) is 10.5. The first-order valence-corrected chi connectivity index (χ1v) is 20.8. The van der Waals surface area contributed by atoms with E-state index in [4.69, 9.17) is 9.47 Å². The highest BCUT2D eigenvalue weighted by atomic mass is 32.2. The Morgan fingerprint density at radius 3 is 2.36 bits per heavy atom. The molecule has 0 bridgehead atoms. The van der Waals surface area contributed by atoms with Gasteiger partial charge in [0.2, 0.25) is 5.91 Å². The molecule has 4 aromatic carbocycles. The van der Waals surface area contributed by atoms with Crippen molar-refractivity contribution >= 4 is 80.4 Å². The molecule has 1 aliphatic rings. The minimum absolute atomic E-state index is 0.0549. The molecule has 13 heteroatoms. The third-order valence-electron chi connectivity index (χ3n) is 9.11. The van der Waals surface area contributed by atoms with E-state index in [-0.39, 0.29) is 24.8 Å². The minimum atomic E-state index is -0.655. The Morgan fingerprint density at radius 2 is 1.62 bits per heavy atom. The van der Waals surface area contributed by atoms with Crippen LogP contribution >= 0.6 is 23.1 Å².